The van der Waals surface area contributed by atoms with Gasteiger partial charge in [-0.05, 0) is 24.4 Å². The van der Waals surface area contributed by atoms with Crippen molar-refractivity contribution in [3.05, 3.63) is 10.6 Å². The lowest BCUT2D eigenvalue weighted by Crippen LogP contribution is -2.19. The van der Waals surface area contributed by atoms with E-state index in [1.807, 2.05) is 0 Å². The van der Waals surface area contributed by atoms with Gasteiger partial charge in [0.2, 0.25) is 0 Å². The molecule has 14 heavy (non-hydrogen) atoms. The predicted octanol–water partition coefficient (Wildman–Crippen LogP) is 2.09. The molecule has 4 heteroatoms. The Balaban J connectivity index is 2.04. The van der Waals surface area contributed by atoms with Crippen molar-refractivity contribution in [2.75, 3.05) is 0 Å². The monoisotopic (exact) mass is 211 g/mol. The van der Waals surface area contributed by atoms with Crippen molar-refractivity contribution in [1.82, 2.24) is 14.9 Å². The molecule has 0 unspecified atom stereocenters. The van der Waals surface area contributed by atoms with Gasteiger partial charge < -0.3 is 5.32 Å². The van der Waals surface area contributed by atoms with Gasteiger partial charge in [-0.3, -0.25) is 0 Å². The van der Waals surface area contributed by atoms with E-state index in [1.54, 1.807) is 0 Å². The Hall–Kier alpha value is -0.480. The Morgan fingerprint density at radius 2 is 2.14 bits per heavy atom. The Morgan fingerprint density at radius 3 is 2.71 bits per heavy atom. The third kappa shape index (κ3) is 2.30. The minimum Gasteiger partial charge on any atom is -0.309 e. The quantitative estimate of drug-likeness (QED) is 0.832. The SMILES string of the molecule is CC(C)(C)c1nnsc1CNC1CC1. The predicted molar refractivity (Wildman–Crippen MR) is 58.5 cm³/mol. The van der Waals surface area contributed by atoms with Gasteiger partial charge in [-0.2, -0.15) is 0 Å². The molecule has 1 fully saturated rings. The van der Waals surface area contributed by atoms with Gasteiger partial charge in [-0.25, -0.2) is 0 Å². The van der Waals surface area contributed by atoms with Crippen LogP contribution in [0.5, 0.6) is 0 Å². The number of nitrogens with zero attached hydrogens (tertiary/aromatic N) is 2. The summed E-state index contributed by atoms with van der Waals surface area (Å²) >= 11 is 1.52. The van der Waals surface area contributed by atoms with Crippen LogP contribution in [0, 0.1) is 0 Å². The Labute approximate surface area is 89.1 Å². The van der Waals surface area contributed by atoms with Crippen LogP contribution in [0.15, 0.2) is 0 Å². The van der Waals surface area contributed by atoms with E-state index in [-0.39, 0.29) is 5.41 Å². The fraction of sp³-hybridized carbons (Fsp3) is 0.800. The molecule has 0 aromatic carbocycles. The van der Waals surface area contributed by atoms with Crippen LogP contribution in [-0.4, -0.2) is 15.6 Å². The third-order valence-electron chi connectivity index (χ3n) is 2.40. The molecule has 1 aromatic heterocycles. The van der Waals surface area contributed by atoms with Gasteiger partial charge in [-0.1, -0.05) is 25.3 Å². The van der Waals surface area contributed by atoms with Crippen LogP contribution in [0.2, 0.25) is 0 Å². The second-order valence-electron chi connectivity index (χ2n) is 4.95. The summed E-state index contributed by atoms with van der Waals surface area (Å²) in [6.45, 7) is 7.49. The normalized spacial score (nSPS) is 17.4. The van der Waals surface area contributed by atoms with Crippen molar-refractivity contribution in [2.24, 2.45) is 0 Å². The Morgan fingerprint density at radius 1 is 1.43 bits per heavy atom. The average molecular weight is 211 g/mol. The highest BCUT2D eigenvalue weighted by Crippen LogP contribution is 2.27. The van der Waals surface area contributed by atoms with Gasteiger partial charge in [0, 0.05) is 18.0 Å². The van der Waals surface area contributed by atoms with E-state index in [1.165, 1.54) is 29.3 Å². The van der Waals surface area contributed by atoms with Crippen LogP contribution in [0.1, 0.15) is 44.2 Å². The van der Waals surface area contributed by atoms with E-state index in [4.69, 9.17) is 0 Å². The van der Waals surface area contributed by atoms with Gasteiger partial charge in [0.05, 0.1) is 10.6 Å². The molecule has 1 N–H and O–H groups in total. The van der Waals surface area contributed by atoms with Crippen LogP contribution >= 0.6 is 11.5 Å². The molecule has 0 aliphatic heterocycles. The van der Waals surface area contributed by atoms with Crippen molar-refractivity contribution in [1.29, 1.82) is 0 Å². The van der Waals surface area contributed by atoms with Gasteiger partial charge in [0.15, 0.2) is 0 Å². The molecule has 0 amide bonds. The summed E-state index contributed by atoms with van der Waals surface area (Å²) in [6, 6.07) is 0.755. The molecule has 0 radical (unpaired) electrons. The summed E-state index contributed by atoms with van der Waals surface area (Å²) in [5.41, 5.74) is 1.27. The van der Waals surface area contributed by atoms with E-state index in [9.17, 15) is 0 Å². The fourth-order valence-electron chi connectivity index (χ4n) is 1.42. The van der Waals surface area contributed by atoms with E-state index >= 15 is 0 Å². The van der Waals surface area contributed by atoms with Gasteiger partial charge in [0.1, 0.15) is 0 Å². The van der Waals surface area contributed by atoms with Gasteiger partial charge in [0.25, 0.3) is 0 Å². The van der Waals surface area contributed by atoms with E-state index in [0.29, 0.717) is 0 Å². The van der Waals surface area contributed by atoms with Crippen molar-refractivity contribution < 1.29 is 0 Å². The maximum Gasteiger partial charge on any atom is 0.0854 e. The van der Waals surface area contributed by atoms with E-state index in [0.717, 1.165) is 18.3 Å². The van der Waals surface area contributed by atoms with Crippen molar-refractivity contribution in [3.63, 3.8) is 0 Å². The first kappa shape index (κ1) is 10.1. The lowest BCUT2D eigenvalue weighted by Gasteiger charge is -2.16. The zero-order chi connectivity index (χ0) is 10.2. The maximum absolute atomic E-state index is 4.21. The molecular weight excluding hydrogens is 194 g/mol. The Bertz CT molecular complexity index is 309. The highest BCUT2D eigenvalue weighted by atomic mass is 32.1. The lowest BCUT2D eigenvalue weighted by atomic mass is 9.91. The Kier molecular flexibility index (Phi) is 2.58. The number of rotatable bonds is 3. The van der Waals surface area contributed by atoms with E-state index < -0.39 is 0 Å². The van der Waals surface area contributed by atoms with Gasteiger partial charge >= 0.3 is 0 Å². The standard InChI is InChI=1S/C10H17N3S/c1-10(2,3)9-8(14-13-12-9)6-11-7-4-5-7/h7,11H,4-6H2,1-3H3. The first-order valence-electron chi connectivity index (χ1n) is 5.12. The molecule has 0 atom stereocenters. The smallest absolute Gasteiger partial charge is 0.0854 e. The average Bonchev–Trinajstić information content (AvgIpc) is 2.77. The summed E-state index contributed by atoms with van der Waals surface area (Å²) in [4.78, 5) is 1.30. The van der Waals surface area contributed by atoms with Crippen LogP contribution in [0.25, 0.3) is 0 Å². The number of hydrogen-bond donors (Lipinski definition) is 1. The molecule has 1 aliphatic rings. The summed E-state index contributed by atoms with van der Waals surface area (Å²) in [5.74, 6) is 0. The summed E-state index contributed by atoms with van der Waals surface area (Å²) < 4.78 is 4.04. The van der Waals surface area contributed by atoms with E-state index in [2.05, 4.69) is 35.7 Å². The van der Waals surface area contributed by atoms with Crippen LogP contribution in [0.3, 0.4) is 0 Å². The fourth-order valence-corrected chi connectivity index (χ4v) is 2.22. The number of nitrogens with one attached hydrogen (secondary N) is 1. The zero-order valence-corrected chi connectivity index (χ0v) is 9.82. The molecule has 0 spiro atoms. The highest BCUT2D eigenvalue weighted by molar-refractivity contribution is 7.05. The van der Waals surface area contributed by atoms with Crippen molar-refractivity contribution >= 4 is 11.5 Å². The first-order chi connectivity index (χ1) is 6.57. The molecular formula is C10H17N3S. The van der Waals surface area contributed by atoms with Crippen molar-refractivity contribution in [2.45, 2.75) is 51.6 Å². The topological polar surface area (TPSA) is 37.8 Å². The van der Waals surface area contributed by atoms with Crippen LogP contribution in [0.4, 0.5) is 0 Å². The second kappa shape index (κ2) is 3.59. The molecule has 1 saturated carbocycles. The first-order valence-corrected chi connectivity index (χ1v) is 5.90. The molecule has 1 aromatic rings. The lowest BCUT2D eigenvalue weighted by molar-refractivity contribution is 0.553. The summed E-state index contributed by atoms with van der Waals surface area (Å²) in [6.07, 6.45) is 2.66. The maximum atomic E-state index is 4.21. The molecule has 2 rings (SSSR count). The minimum atomic E-state index is 0.119. The molecule has 0 bridgehead atoms. The number of hydrogen-bond acceptors (Lipinski definition) is 4. The minimum absolute atomic E-state index is 0.119. The molecule has 0 saturated heterocycles. The van der Waals surface area contributed by atoms with Crippen LogP contribution < -0.4 is 5.32 Å². The third-order valence-corrected chi connectivity index (χ3v) is 3.12. The molecule has 78 valence electrons. The molecule has 3 nitrogen and oxygen atoms in total. The highest BCUT2D eigenvalue weighted by Gasteiger charge is 2.25. The van der Waals surface area contributed by atoms with Crippen molar-refractivity contribution in [3.8, 4) is 0 Å². The zero-order valence-electron chi connectivity index (χ0n) is 9.00. The molecule has 1 heterocycles. The molecule has 1 aliphatic carbocycles. The summed E-state index contributed by atoms with van der Waals surface area (Å²) in [5, 5.41) is 7.72. The summed E-state index contributed by atoms with van der Waals surface area (Å²) in [7, 11) is 0. The van der Waals surface area contributed by atoms with Gasteiger partial charge in [-0.15, -0.1) is 5.10 Å². The number of aromatic nitrogens is 2. The second-order valence-corrected chi connectivity index (χ2v) is 5.79. The largest absolute Gasteiger partial charge is 0.309 e. The van der Waals surface area contributed by atoms with Crippen LogP contribution in [-0.2, 0) is 12.0 Å².